The van der Waals surface area contributed by atoms with Crippen molar-refractivity contribution < 1.29 is 23.9 Å². The Kier molecular flexibility index (Phi) is 8.83. The Morgan fingerprint density at radius 1 is 1.12 bits per heavy atom. The molecule has 2 aromatic rings. The number of methoxy groups -OCH3 is 1. The summed E-state index contributed by atoms with van der Waals surface area (Å²) in [6.45, 7) is 7.02. The van der Waals surface area contributed by atoms with Gasteiger partial charge in [-0.15, -0.1) is 0 Å². The Morgan fingerprint density at radius 2 is 1.85 bits per heavy atom. The van der Waals surface area contributed by atoms with E-state index in [1.807, 2.05) is 37.3 Å². The predicted molar refractivity (Wildman–Crippen MR) is 159 cm³/mol. The molecule has 2 aliphatic heterocycles. The second-order valence-electron chi connectivity index (χ2n) is 12.5. The van der Waals surface area contributed by atoms with Crippen LogP contribution in [0.5, 0.6) is 0 Å². The van der Waals surface area contributed by atoms with Crippen LogP contribution in [0.1, 0.15) is 71.3 Å². The number of hydrogen-bond donors (Lipinski definition) is 1. The van der Waals surface area contributed by atoms with Crippen molar-refractivity contribution in [3.8, 4) is 0 Å². The fourth-order valence-corrected chi connectivity index (χ4v) is 7.11. The largest absolute Gasteiger partial charge is 0.468 e. The summed E-state index contributed by atoms with van der Waals surface area (Å²) in [5.74, 6) is -0.557. The monoisotopic (exact) mass is 560 g/mol. The van der Waals surface area contributed by atoms with E-state index in [1.165, 1.54) is 7.11 Å². The molecule has 1 saturated heterocycles. The molecule has 0 aromatic heterocycles. The number of piperidine rings is 1. The van der Waals surface area contributed by atoms with Gasteiger partial charge >= 0.3 is 5.97 Å². The lowest BCUT2D eigenvalue weighted by molar-refractivity contribution is -0.178. The smallest absolute Gasteiger partial charge is 0.320 e. The average Bonchev–Trinajstić information content (AvgIpc) is 3.50. The van der Waals surface area contributed by atoms with Crippen molar-refractivity contribution in [2.45, 2.75) is 84.5 Å². The first-order chi connectivity index (χ1) is 19.7. The molecule has 1 aliphatic carbocycles. The van der Waals surface area contributed by atoms with Crippen molar-refractivity contribution in [2.24, 2.45) is 23.2 Å². The van der Waals surface area contributed by atoms with E-state index in [2.05, 4.69) is 37.4 Å². The number of ether oxygens (including phenoxy) is 2. The first kappa shape index (κ1) is 29.3. The number of nitrogens with one attached hydrogen (secondary N) is 1. The molecular formula is C34H44N2O5. The Hall–Kier alpha value is -3.19. The number of hydrogen-bond acceptors (Lipinski definition) is 5. The lowest BCUT2D eigenvalue weighted by Crippen LogP contribution is -2.60. The first-order valence-corrected chi connectivity index (χ1v) is 15.3. The minimum absolute atomic E-state index is 0.0216. The lowest BCUT2D eigenvalue weighted by Gasteiger charge is -2.52. The molecule has 2 fully saturated rings. The number of nitrogens with zero attached hydrogens (tertiary/aromatic N) is 1. The van der Waals surface area contributed by atoms with Gasteiger partial charge in [-0.05, 0) is 66.9 Å². The first-order valence-electron chi connectivity index (χ1n) is 15.3. The Bertz CT molecular complexity index is 1310. The maximum absolute atomic E-state index is 14.3. The normalized spacial score (nSPS) is 26.7. The van der Waals surface area contributed by atoms with Crippen LogP contribution in [0, 0.1) is 23.2 Å². The van der Waals surface area contributed by atoms with Gasteiger partial charge in [0.25, 0.3) is 0 Å². The van der Waals surface area contributed by atoms with E-state index in [1.54, 1.807) is 4.90 Å². The molecule has 4 atom stereocenters. The third-order valence-electron chi connectivity index (χ3n) is 9.41. The minimum atomic E-state index is -1.18. The molecule has 1 saturated carbocycles. The van der Waals surface area contributed by atoms with Gasteiger partial charge in [-0.3, -0.25) is 14.4 Å². The van der Waals surface area contributed by atoms with Crippen molar-refractivity contribution in [3.63, 3.8) is 0 Å². The maximum Gasteiger partial charge on any atom is 0.320 e. The van der Waals surface area contributed by atoms with Crippen molar-refractivity contribution >= 4 is 28.6 Å². The van der Waals surface area contributed by atoms with Crippen LogP contribution in [0.15, 0.2) is 54.2 Å². The van der Waals surface area contributed by atoms with Crippen LogP contribution < -0.4 is 5.32 Å². The summed E-state index contributed by atoms with van der Waals surface area (Å²) in [6.07, 6.45) is 6.91. The predicted octanol–water partition coefficient (Wildman–Crippen LogP) is 5.76. The summed E-state index contributed by atoms with van der Waals surface area (Å²) in [4.78, 5) is 42.9. The lowest BCUT2D eigenvalue weighted by atomic mass is 9.66. The molecule has 5 rings (SSSR count). The van der Waals surface area contributed by atoms with Crippen LogP contribution >= 0.6 is 0 Å². The van der Waals surface area contributed by atoms with E-state index in [-0.39, 0.29) is 30.8 Å². The highest BCUT2D eigenvalue weighted by Gasteiger charge is 2.60. The highest BCUT2D eigenvalue weighted by Crippen LogP contribution is 2.52. The molecule has 0 bridgehead atoms. The number of fused-ring (bicyclic) bond motifs is 2. The summed E-state index contributed by atoms with van der Waals surface area (Å²) >= 11 is 0. The van der Waals surface area contributed by atoms with Crippen molar-refractivity contribution in [3.05, 3.63) is 59.8 Å². The van der Waals surface area contributed by atoms with Crippen LogP contribution in [0.3, 0.4) is 0 Å². The van der Waals surface area contributed by atoms with Crippen molar-refractivity contribution in [2.75, 3.05) is 13.7 Å². The van der Waals surface area contributed by atoms with Gasteiger partial charge in [-0.25, -0.2) is 0 Å². The van der Waals surface area contributed by atoms with Crippen LogP contribution in [-0.4, -0.2) is 48.5 Å². The number of likely N-dealkylation sites (tertiary alicyclic amines) is 1. The van der Waals surface area contributed by atoms with Crippen molar-refractivity contribution in [1.29, 1.82) is 0 Å². The number of carbonyl (C=O) groups excluding carboxylic acids is 3. The highest BCUT2D eigenvalue weighted by atomic mass is 16.5. The Balaban J connectivity index is 1.56. The van der Waals surface area contributed by atoms with Gasteiger partial charge in [0, 0.05) is 24.6 Å². The standard InChI is InChI=1S/C34H44N2O5/c1-22(2)16-17-35-31(37)18-27-20-34(33(39)40-4)23(3)41-29(25-11-5-6-12-25)19-30(34)36(32(27)38)21-26-14-9-13-24-10-7-8-15-28(24)26/h7-10,13-15,19,22-23,25,27,29H,5-6,11-12,16-18,20-21H2,1-4H3,(H,35,37)/t23-,27+,29-,34+/m1/s1. The average molecular weight is 561 g/mol. The number of esters is 1. The fraction of sp³-hybridized carbons (Fsp3) is 0.559. The maximum atomic E-state index is 14.3. The van der Waals surface area contributed by atoms with Crippen LogP contribution in [-0.2, 0) is 30.4 Å². The highest BCUT2D eigenvalue weighted by molar-refractivity contribution is 5.93. The number of rotatable bonds is 9. The fourth-order valence-electron chi connectivity index (χ4n) is 7.11. The Morgan fingerprint density at radius 3 is 2.59 bits per heavy atom. The minimum Gasteiger partial charge on any atom is -0.468 e. The summed E-state index contributed by atoms with van der Waals surface area (Å²) < 4.78 is 12.0. The molecule has 2 heterocycles. The van der Waals surface area contributed by atoms with E-state index >= 15 is 0 Å². The molecule has 2 aromatic carbocycles. The zero-order valence-electron chi connectivity index (χ0n) is 24.9. The zero-order valence-corrected chi connectivity index (χ0v) is 24.9. The third kappa shape index (κ3) is 5.78. The van der Waals surface area contributed by atoms with E-state index in [9.17, 15) is 14.4 Å². The third-order valence-corrected chi connectivity index (χ3v) is 9.41. The SMILES string of the molecule is COC(=O)[C@]12C[C@H](CC(=O)NCCC(C)C)C(=O)N(Cc3cccc4ccccc34)C1=C[C@H](C1CCCC1)O[C@@H]2C. The second-order valence-corrected chi connectivity index (χ2v) is 12.5. The molecule has 2 amide bonds. The molecular weight excluding hydrogens is 516 g/mol. The molecule has 7 nitrogen and oxygen atoms in total. The van der Waals surface area contributed by atoms with Gasteiger partial charge in [-0.2, -0.15) is 0 Å². The molecule has 0 radical (unpaired) electrons. The Labute approximate surface area is 243 Å². The van der Waals surface area contributed by atoms with Gasteiger partial charge < -0.3 is 19.7 Å². The zero-order chi connectivity index (χ0) is 29.1. The molecule has 3 aliphatic rings. The molecule has 7 heteroatoms. The van der Waals surface area contributed by atoms with E-state index in [0.717, 1.165) is 48.4 Å². The van der Waals surface area contributed by atoms with E-state index in [0.29, 0.717) is 30.6 Å². The van der Waals surface area contributed by atoms with Gasteiger partial charge in [0.1, 0.15) is 5.41 Å². The van der Waals surface area contributed by atoms with Crippen LogP contribution in [0.4, 0.5) is 0 Å². The molecule has 0 spiro atoms. The van der Waals surface area contributed by atoms with E-state index in [4.69, 9.17) is 9.47 Å². The second kappa shape index (κ2) is 12.4. The molecule has 0 unspecified atom stereocenters. The topological polar surface area (TPSA) is 84.9 Å². The van der Waals surface area contributed by atoms with Crippen LogP contribution in [0.2, 0.25) is 0 Å². The summed E-state index contributed by atoms with van der Waals surface area (Å²) in [6, 6.07) is 14.2. The molecule has 220 valence electrons. The number of carbonyl (C=O) groups is 3. The quantitative estimate of drug-likeness (QED) is 0.394. The van der Waals surface area contributed by atoms with Crippen molar-refractivity contribution in [1.82, 2.24) is 10.2 Å². The van der Waals surface area contributed by atoms with Gasteiger partial charge in [0.15, 0.2) is 0 Å². The number of benzene rings is 2. The number of amides is 2. The van der Waals surface area contributed by atoms with Gasteiger partial charge in [-0.1, -0.05) is 69.2 Å². The molecule has 1 N–H and O–H groups in total. The summed E-state index contributed by atoms with van der Waals surface area (Å²) in [7, 11) is 1.39. The van der Waals surface area contributed by atoms with Gasteiger partial charge in [0.2, 0.25) is 11.8 Å². The summed E-state index contributed by atoms with van der Waals surface area (Å²) in [5, 5.41) is 5.14. The van der Waals surface area contributed by atoms with E-state index < -0.39 is 23.4 Å². The van der Waals surface area contributed by atoms with Gasteiger partial charge in [0.05, 0.1) is 25.9 Å². The summed E-state index contributed by atoms with van der Waals surface area (Å²) in [5.41, 5.74) is 0.495. The molecule has 41 heavy (non-hydrogen) atoms. The van der Waals surface area contributed by atoms with Crippen LogP contribution in [0.25, 0.3) is 10.8 Å².